The lowest BCUT2D eigenvalue weighted by Gasteiger charge is -2.08. The third-order valence-corrected chi connectivity index (χ3v) is 3.61. The van der Waals surface area contributed by atoms with Crippen molar-refractivity contribution in [1.82, 2.24) is 0 Å². The first-order valence-electron chi connectivity index (χ1n) is 5.48. The van der Waals surface area contributed by atoms with Gasteiger partial charge in [0.15, 0.2) is 0 Å². The van der Waals surface area contributed by atoms with Gasteiger partial charge in [-0.05, 0) is 51.8 Å². The van der Waals surface area contributed by atoms with Gasteiger partial charge < -0.3 is 4.74 Å². The van der Waals surface area contributed by atoms with Gasteiger partial charge in [0.2, 0.25) is 5.82 Å². The van der Waals surface area contributed by atoms with Crippen LogP contribution in [-0.4, -0.2) is 4.92 Å². The summed E-state index contributed by atoms with van der Waals surface area (Å²) >= 11 is 6.67. The predicted molar refractivity (Wildman–Crippen MR) is 79.2 cm³/mol. The quantitative estimate of drug-likeness (QED) is 0.541. The number of rotatable bonds is 4. The molecule has 0 spiro atoms. The van der Waals surface area contributed by atoms with Crippen molar-refractivity contribution >= 4 is 37.5 Å². The highest BCUT2D eigenvalue weighted by Crippen LogP contribution is 2.29. The van der Waals surface area contributed by atoms with Crippen LogP contribution in [0.15, 0.2) is 45.3 Å². The van der Waals surface area contributed by atoms with Crippen molar-refractivity contribution in [3.05, 3.63) is 66.8 Å². The average molecular weight is 405 g/mol. The molecule has 4 nitrogen and oxygen atoms in total. The van der Waals surface area contributed by atoms with Gasteiger partial charge in [-0.1, -0.05) is 15.9 Å². The molecule has 0 aliphatic carbocycles. The van der Waals surface area contributed by atoms with E-state index in [1.807, 2.05) is 12.1 Å². The number of hydrogen-bond acceptors (Lipinski definition) is 3. The van der Waals surface area contributed by atoms with Crippen LogP contribution in [0.1, 0.15) is 5.56 Å². The van der Waals surface area contributed by atoms with Crippen LogP contribution < -0.4 is 4.74 Å². The van der Waals surface area contributed by atoms with Gasteiger partial charge in [0.05, 0.1) is 9.40 Å². The van der Waals surface area contributed by atoms with Crippen LogP contribution >= 0.6 is 31.9 Å². The molecule has 0 bridgehead atoms. The Hall–Kier alpha value is -1.47. The van der Waals surface area contributed by atoms with Crippen LogP contribution in [0, 0.1) is 15.9 Å². The standard InChI is InChI=1S/C13H8Br2FNO3/c14-9-2-4-13(10(15)6-9)20-7-8-1-3-12(17(18)19)11(16)5-8/h1-6H,7H2. The van der Waals surface area contributed by atoms with Crippen LogP contribution in [-0.2, 0) is 6.61 Å². The molecule has 2 aromatic carbocycles. The van der Waals surface area contributed by atoms with E-state index in [2.05, 4.69) is 31.9 Å². The van der Waals surface area contributed by atoms with E-state index >= 15 is 0 Å². The predicted octanol–water partition coefficient (Wildman–Crippen LogP) is 4.84. The molecule has 0 heterocycles. The molecule has 0 aliphatic rings. The van der Waals surface area contributed by atoms with Crippen LogP contribution in [0.3, 0.4) is 0 Å². The first-order chi connectivity index (χ1) is 9.47. The minimum Gasteiger partial charge on any atom is -0.488 e. The highest BCUT2D eigenvalue weighted by molar-refractivity contribution is 9.11. The van der Waals surface area contributed by atoms with Gasteiger partial charge in [-0.2, -0.15) is 4.39 Å². The van der Waals surface area contributed by atoms with Crippen molar-refractivity contribution in [2.75, 3.05) is 0 Å². The van der Waals surface area contributed by atoms with Gasteiger partial charge in [-0.15, -0.1) is 0 Å². The average Bonchev–Trinajstić information content (AvgIpc) is 2.37. The van der Waals surface area contributed by atoms with Crippen molar-refractivity contribution < 1.29 is 14.1 Å². The molecule has 0 radical (unpaired) electrons. The molecule has 0 saturated carbocycles. The van der Waals surface area contributed by atoms with Gasteiger partial charge in [-0.25, -0.2) is 0 Å². The van der Waals surface area contributed by atoms with Crippen molar-refractivity contribution in [3.63, 3.8) is 0 Å². The monoisotopic (exact) mass is 403 g/mol. The zero-order chi connectivity index (χ0) is 14.7. The molecule has 7 heteroatoms. The summed E-state index contributed by atoms with van der Waals surface area (Å²) in [6.07, 6.45) is 0. The Morgan fingerprint density at radius 2 is 1.95 bits per heavy atom. The number of hydrogen-bond donors (Lipinski definition) is 0. The lowest BCUT2D eigenvalue weighted by Crippen LogP contribution is -1.99. The summed E-state index contributed by atoms with van der Waals surface area (Å²) in [6, 6.07) is 9.10. The highest BCUT2D eigenvalue weighted by atomic mass is 79.9. The Morgan fingerprint density at radius 3 is 2.55 bits per heavy atom. The summed E-state index contributed by atoms with van der Waals surface area (Å²) in [5, 5.41) is 10.5. The molecule has 2 rings (SSSR count). The van der Waals surface area contributed by atoms with Crippen LogP contribution in [0.4, 0.5) is 10.1 Å². The molecule has 0 amide bonds. The van der Waals surface area contributed by atoms with Gasteiger partial charge in [0.25, 0.3) is 0 Å². The number of nitro groups is 1. The molecule has 0 N–H and O–H groups in total. The second-order valence-corrected chi connectivity index (χ2v) is 5.68. The Kier molecular flexibility index (Phi) is 4.72. The number of ether oxygens (including phenoxy) is 1. The first-order valence-corrected chi connectivity index (χ1v) is 7.06. The number of halogens is 3. The molecule has 0 fully saturated rings. The lowest BCUT2D eigenvalue weighted by atomic mass is 10.2. The summed E-state index contributed by atoms with van der Waals surface area (Å²) in [4.78, 5) is 9.75. The molecule has 0 aliphatic heterocycles. The van der Waals surface area contributed by atoms with Gasteiger partial charge in [-0.3, -0.25) is 10.1 Å². The molecule has 0 atom stereocenters. The molecule has 0 saturated heterocycles. The lowest BCUT2D eigenvalue weighted by molar-refractivity contribution is -0.387. The maximum atomic E-state index is 13.4. The highest BCUT2D eigenvalue weighted by Gasteiger charge is 2.14. The summed E-state index contributed by atoms with van der Waals surface area (Å²) < 4.78 is 20.6. The molecule has 2 aromatic rings. The fourth-order valence-electron chi connectivity index (χ4n) is 1.54. The third-order valence-electron chi connectivity index (χ3n) is 2.50. The molecule has 104 valence electrons. The number of nitro benzene ring substituents is 1. The minimum atomic E-state index is -0.869. The fourth-order valence-corrected chi connectivity index (χ4v) is 2.70. The van der Waals surface area contributed by atoms with E-state index < -0.39 is 16.4 Å². The first kappa shape index (κ1) is 14.9. The second-order valence-electron chi connectivity index (χ2n) is 3.91. The van der Waals surface area contributed by atoms with E-state index in [0.717, 1.165) is 21.1 Å². The van der Waals surface area contributed by atoms with Crippen molar-refractivity contribution in [2.45, 2.75) is 6.61 Å². The van der Waals surface area contributed by atoms with Gasteiger partial charge in [0, 0.05) is 10.5 Å². The SMILES string of the molecule is O=[N+]([O-])c1ccc(COc2ccc(Br)cc2Br)cc1F. The maximum Gasteiger partial charge on any atom is 0.304 e. The Labute approximate surface area is 131 Å². The Bertz CT molecular complexity index is 664. The summed E-state index contributed by atoms with van der Waals surface area (Å²) in [6.45, 7) is 0.120. The summed E-state index contributed by atoms with van der Waals surface area (Å²) in [5.41, 5.74) is -0.0264. The minimum absolute atomic E-state index is 0.120. The second kappa shape index (κ2) is 6.32. The van der Waals surface area contributed by atoms with E-state index in [1.54, 1.807) is 6.07 Å². The van der Waals surface area contributed by atoms with Gasteiger partial charge in [0.1, 0.15) is 12.4 Å². The van der Waals surface area contributed by atoms with Gasteiger partial charge >= 0.3 is 5.69 Å². The molecular weight excluding hydrogens is 397 g/mol. The van der Waals surface area contributed by atoms with E-state index in [4.69, 9.17) is 4.74 Å². The third kappa shape index (κ3) is 3.55. The normalized spacial score (nSPS) is 10.3. The molecule has 20 heavy (non-hydrogen) atoms. The fraction of sp³-hybridized carbons (Fsp3) is 0.0769. The van der Waals surface area contributed by atoms with E-state index in [9.17, 15) is 14.5 Å². The maximum absolute atomic E-state index is 13.4. The zero-order valence-corrected chi connectivity index (χ0v) is 13.1. The Morgan fingerprint density at radius 1 is 1.20 bits per heavy atom. The largest absolute Gasteiger partial charge is 0.488 e. The zero-order valence-electron chi connectivity index (χ0n) is 9.98. The smallest absolute Gasteiger partial charge is 0.304 e. The Balaban J connectivity index is 2.11. The van der Waals surface area contributed by atoms with Crippen molar-refractivity contribution in [1.29, 1.82) is 0 Å². The van der Waals surface area contributed by atoms with Crippen LogP contribution in [0.25, 0.3) is 0 Å². The van der Waals surface area contributed by atoms with Crippen molar-refractivity contribution in [3.8, 4) is 5.75 Å². The summed E-state index contributed by atoms with van der Waals surface area (Å²) in [5.74, 6) is -0.266. The number of benzene rings is 2. The van der Waals surface area contributed by atoms with E-state index in [0.29, 0.717) is 11.3 Å². The molecule has 0 unspecified atom stereocenters. The van der Waals surface area contributed by atoms with E-state index in [1.165, 1.54) is 6.07 Å². The topological polar surface area (TPSA) is 52.4 Å². The summed E-state index contributed by atoms with van der Waals surface area (Å²) in [7, 11) is 0. The van der Waals surface area contributed by atoms with Crippen LogP contribution in [0.2, 0.25) is 0 Å². The molecular formula is C13H8Br2FNO3. The van der Waals surface area contributed by atoms with Crippen LogP contribution in [0.5, 0.6) is 5.75 Å². The number of nitrogens with zero attached hydrogens (tertiary/aromatic N) is 1. The van der Waals surface area contributed by atoms with E-state index in [-0.39, 0.29) is 6.61 Å². The van der Waals surface area contributed by atoms with Crippen molar-refractivity contribution in [2.24, 2.45) is 0 Å². The molecule has 0 aromatic heterocycles.